The minimum absolute atomic E-state index is 0.0188. The summed E-state index contributed by atoms with van der Waals surface area (Å²) in [5.41, 5.74) is -0.719. The van der Waals surface area contributed by atoms with Gasteiger partial charge in [0.2, 0.25) is 5.91 Å². The summed E-state index contributed by atoms with van der Waals surface area (Å²) in [6.07, 6.45) is 1.39. The summed E-state index contributed by atoms with van der Waals surface area (Å²) >= 11 is 1.49. The lowest BCUT2D eigenvalue weighted by Gasteiger charge is -2.23. The molecule has 0 saturated carbocycles. The Labute approximate surface area is 161 Å². The molecule has 1 saturated heterocycles. The molecule has 0 aromatic rings. The minimum Gasteiger partial charge on any atom is -0.444 e. The Hall–Kier alpha value is -2.30. The Bertz CT molecular complexity index is 587. The standard InChI is InChI=1S/C16H25N3O7S/c1-16(2,3)25-15(24)18-10(7-8-27-4)14(23)17-9-13(22)26-19-11(20)5-6-12(19)21/h10H,5-9H2,1-4H3,(H,17,23)(H,18,24)/t10-/m0/s1. The number of nitrogens with zero attached hydrogens (tertiary/aromatic N) is 1. The fourth-order valence-corrected chi connectivity index (χ4v) is 2.50. The summed E-state index contributed by atoms with van der Waals surface area (Å²) in [6, 6.07) is -0.907. The Balaban J connectivity index is 2.54. The molecule has 4 amide bonds. The van der Waals surface area contributed by atoms with E-state index in [1.807, 2.05) is 6.26 Å². The lowest BCUT2D eigenvalue weighted by Crippen LogP contribution is -2.49. The van der Waals surface area contributed by atoms with Gasteiger partial charge in [0.1, 0.15) is 18.2 Å². The third-order valence-corrected chi connectivity index (χ3v) is 3.87. The van der Waals surface area contributed by atoms with Gasteiger partial charge in [0.15, 0.2) is 0 Å². The van der Waals surface area contributed by atoms with Crippen LogP contribution in [0.4, 0.5) is 4.79 Å². The monoisotopic (exact) mass is 403 g/mol. The van der Waals surface area contributed by atoms with E-state index in [0.29, 0.717) is 17.2 Å². The molecule has 2 N–H and O–H groups in total. The zero-order valence-electron chi connectivity index (χ0n) is 15.8. The summed E-state index contributed by atoms with van der Waals surface area (Å²) in [6.45, 7) is 4.53. The second-order valence-electron chi connectivity index (χ2n) is 6.74. The fraction of sp³-hybridized carbons (Fsp3) is 0.688. The van der Waals surface area contributed by atoms with Crippen molar-refractivity contribution in [2.45, 2.75) is 51.7 Å². The first kappa shape index (κ1) is 22.7. The predicted molar refractivity (Wildman–Crippen MR) is 96.3 cm³/mol. The van der Waals surface area contributed by atoms with Gasteiger partial charge in [-0.15, -0.1) is 5.06 Å². The van der Waals surface area contributed by atoms with Crippen molar-refractivity contribution in [3.05, 3.63) is 0 Å². The highest BCUT2D eigenvalue weighted by Gasteiger charge is 2.33. The van der Waals surface area contributed by atoms with Gasteiger partial charge in [-0.2, -0.15) is 11.8 Å². The normalized spacial score (nSPS) is 15.3. The number of hydrogen-bond donors (Lipinski definition) is 2. The van der Waals surface area contributed by atoms with E-state index >= 15 is 0 Å². The number of nitrogens with one attached hydrogen (secondary N) is 2. The lowest BCUT2D eigenvalue weighted by molar-refractivity contribution is -0.196. The van der Waals surface area contributed by atoms with Crippen LogP contribution in [0.25, 0.3) is 0 Å². The van der Waals surface area contributed by atoms with Crippen LogP contribution in [-0.4, -0.2) is 65.0 Å². The highest BCUT2D eigenvalue weighted by Crippen LogP contribution is 2.12. The van der Waals surface area contributed by atoms with Crippen LogP contribution in [-0.2, 0) is 28.8 Å². The van der Waals surface area contributed by atoms with Crippen molar-refractivity contribution >= 4 is 41.5 Å². The van der Waals surface area contributed by atoms with E-state index in [9.17, 15) is 24.0 Å². The second-order valence-corrected chi connectivity index (χ2v) is 7.73. The molecule has 1 fully saturated rings. The average molecular weight is 403 g/mol. The number of alkyl carbamates (subject to hydrolysis) is 1. The Morgan fingerprint density at radius 2 is 1.78 bits per heavy atom. The van der Waals surface area contributed by atoms with Crippen LogP contribution in [0.2, 0.25) is 0 Å². The molecular formula is C16H25N3O7S. The van der Waals surface area contributed by atoms with E-state index in [1.165, 1.54) is 11.8 Å². The van der Waals surface area contributed by atoms with Crippen molar-refractivity contribution < 1.29 is 33.5 Å². The first-order chi connectivity index (χ1) is 12.5. The molecule has 152 valence electrons. The second kappa shape index (κ2) is 10.1. The SMILES string of the molecule is CSCC[C@H](NC(=O)OC(C)(C)C)C(=O)NCC(=O)ON1C(=O)CCC1=O. The van der Waals surface area contributed by atoms with E-state index in [1.54, 1.807) is 20.8 Å². The number of hydrogen-bond acceptors (Lipinski definition) is 8. The van der Waals surface area contributed by atoms with Gasteiger partial charge in [0, 0.05) is 12.8 Å². The molecule has 0 aromatic carbocycles. The maximum Gasteiger partial charge on any atom is 0.408 e. The molecule has 1 aliphatic rings. The van der Waals surface area contributed by atoms with Crippen molar-refractivity contribution in [2.24, 2.45) is 0 Å². The van der Waals surface area contributed by atoms with Gasteiger partial charge >= 0.3 is 12.1 Å². The van der Waals surface area contributed by atoms with Gasteiger partial charge < -0.3 is 20.2 Å². The summed E-state index contributed by atoms with van der Waals surface area (Å²) in [7, 11) is 0. The van der Waals surface area contributed by atoms with Crippen molar-refractivity contribution in [2.75, 3.05) is 18.6 Å². The average Bonchev–Trinajstić information content (AvgIpc) is 2.86. The summed E-state index contributed by atoms with van der Waals surface area (Å²) in [5.74, 6) is -2.19. The molecule has 0 bridgehead atoms. The van der Waals surface area contributed by atoms with Crippen LogP contribution in [0.5, 0.6) is 0 Å². The molecule has 0 aliphatic carbocycles. The summed E-state index contributed by atoms with van der Waals surface area (Å²) in [5, 5.41) is 5.18. The number of rotatable bonds is 8. The smallest absolute Gasteiger partial charge is 0.408 e. The largest absolute Gasteiger partial charge is 0.444 e. The number of amides is 4. The van der Waals surface area contributed by atoms with Crippen LogP contribution >= 0.6 is 11.8 Å². The molecule has 1 rings (SSSR count). The Kier molecular flexibility index (Phi) is 8.54. The number of carbonyl (C=O) groups is 5. The Morgan fingerprint density at radius 3 is 2.30 bits per heavy atom. The zero-order valence-corrected chi connectivity index (χ0v) is 16.6. The molecule has 0 aromatic heterocycles. The molecule has 11 heteroatoms. The quantitative estimate of drug-likeness (QED) is 0.555. The van der Waals surface area contributed by atoms with Crippen LogP contribution in [0.15, 0.2) is 0 Å². The molecule has 27 heavy (non-hydrogen) atoms. The van der Waals surface area contributed by atoms with E-state index in [2.05, 4.69) is 15.5 Å². The molecule has 10 nitrogen and oxygen atoms in total. The number of hydroxylamine groups is 2. The molecular weight excluding hydrogens is 378 g/mol. The highest BCUT2D eigenvalue weighted by atomic mass is 32.2. The number of imide groups is 1. The predicted octanol–water partition coefficient (Wildman–Crippen LogP) is 0.356. The van der Waals surface area contributed by atoms with E-state index in [0.717, 1.165) is 0 Å². The van der Waals surface area contributed by atoms with Crippen LogP contribution in [0.3, 0.4) is 0 Å². The van der Waals surface area contributed by atoms with Crippen molar-refractivity contribution in [1.29, 1.82) is 0 Å². The minimum atomic E-state index is -0.965. The molecule has 1 atom stereocenters. The number of carbonyl (C=O) groups excluding carboxylic acids is 5. The van der Waals surface area contributed by atoms with Gasteiger partial charge in [-0.05, 0) is 39.2 Å². The van der Waals surface area contributed by atoms with E-state index in [4.69, 9.17) is 4.74 Å². The van der Waals surface area contributed by atoms with Crippen molar-refractivity contribution in [3.63, 3.8) is 0 Å². The van der Waals surface area contributed by atoms with Gasteiger partial charge in [-0.3, -0.25) is 14.4 Å². The zero-order chi connectivity index (χ0) is 20.6. The fourth-order valence-electron chi connectivity index (χ4n) is 2.03. The Morgan fingerprint density at radius 1 is 1.19 bits per heavy atom. The summed E-state index contributed by atoms with van der Waals surface area (Å²) < 4.78 is 5.13. The number of thioether (sulfide) groups is 1. The third kappa shape index (κ3) is 8.29. The van der Waals surface area contributed by atoms with Crippen LogP contribution in [0, 0.1) is 0 Å². The van der Waals surface area contributed by atoms with Crippen LogP contribution in [0.1, 0.15) is 40.0 Å². The summed E-state index contributed by atoms with van der Waals surface area (Å²) in [4.78, 5) is 63.4. The molecule has 1 aliphatic heterocycles. The maximum atomic E-state index is 12.3. The van der Waals surface area contributed by atoms with Gasteiger partial charge in [-0.1, -0.05) is 0 Å². The van der Waals surface area contributed by atoms with Crippen molar-refractivity contribution in [1.82, 2.24) is 15.7 Å². The van der Waals surface area contributed by atoms with Gasteiger partial charge in [0.25, 0.3) is 11.8 Å². The number of ether oxygens (including phenoxy) is 1. The van der Waals surface area contributed by atoms with Gasteiger partial charge in [0.05, 0.1) is 0 Å². The maximum absolute atomic E-state index is 12.3. The third-order valence-electron chi connectivity index (χ3n) is 3.22. The van der Waals surface area contributed by atoms with Crippen LogP contribution < -0.4 is 10.6 Å². The van der Waals surface area contributed by atoms with Crippen molar-refractivity contribution in [3.8, 4) is 0 Å². The molecule has 0 spiro atoms. The topological polar surface area (TPSA) is 131 Å². The van der Waals surface area contributed by atoms with E-state index < -0.39 is 48.0 Å². The highest BCUT2D eigenvalue weighted by molar-refractivity contribution is 7.98. The lowest BCUT2D eigenvalue weighted by atomic mass is 10.2. The molecule has 0 radical (unpaired) electrons. The first-order valence-electron chi connectivity index (χ1n) is 8.36. The van der Waals surface area contributed by atoms with E-state index in [-0.39, 0.29) is 12.8 Å². The first-order valence-corrected chi connectivity index (χ1v) is 9.75. The molecule has 0 unspecified atom stereocenters. The molecule has 1 heterocycles. The van der Waals surface area contributed by atoms with Gasteiger partial charge in [-0.25, -0.2) is 9.59 Å².